The Morgan fingerprint density at radius 1 is 1.24 bits per heavy atom. The highest BCUT2D eigenvalue weighted by Gasteiger charge is 2.27. The number of ketones is 1. The van der Waals surface area contributed by atoms with E-state index in [4.69, 9.17) is 5.26 Å². The van der Waals surface area contributed by atoms with Gasteiger partial charge in [0.05, 0.1) is 24.4 Å². The second kappa shape index (κ2) is 8.31. The molecule has 29 heavy (non-hydrogen) atoms. The maximum absolute atomic E-state index is 12.7. The first-order valence-corrected chi connectivity index (χ1v) is 11.3. The van der Waals surface area contributed by atoms with E-state index in [2.05, 4.69) is 4.98 Å². The van der Waals surface area contributed by atoms with Crippen molar-refractivity contribution < 1.29 is 18.0 Å². The molecule has 0 aliphatic heterocycles. The van der Waals surface area contributed by atoms with Gasteiger partial charge in [0.25, 0.3) is 5.91 Å². The van der Waals surface area contributed by atoms with Gasteiger partial charge in [-0.1, -0.05) is 20.8 Å². The number of nitriles is 1. The number of thiazole rings is 1. The fourth-order valence-electron chi connectivity index (χ4n) is 2.29. The molecular formula is C19H22N4O4S2. The van der Waals surface area contributed by atoms with Crippen LogP contribution >= 0.6 is 11.3 Å². The molecular weight excluding hydrogens is 412 g/mol. The largest absolute Gasteiger partial charge is 0.310 e. The minimum atomic E-state index is -3.73. The highest BCUT2D eigenvalue weighted by atomic mass is 32.2. The summed E-state index contributed by atoms with van der Waals surface area (Å²) in [6.45, 7) is 7.09. The van der Waals surface area contributed by atoms with Crippen LogP contribution < -0.4 is 9.62 Å². The van der Waals surface area contributed by atoms with Crippen LogP contribution in [0.4, 0.5) is 10.8 Å². The zero-order valence-corrected chi connectivity index (χ0v) is 18.4. The average Bonchev–Trinajstić information content (AvgIpc) is 2.99. The molecule has 0 aliphatic rings. The number of hydrogen-bond donors (Lipinski definition) is 1. The van der Waals surface area contributed by atoms with E-state index in [0.29, 0.717) is 21.3 Å². The van der Waals surface area contributed by atoms with Gasteiger partial charge in [0, 0.05) is 16.0 Å². The second-order valence-electron chi connectivity index (χ2n) is 7.52. The Kier molecular flexibility index (Phi) is 6.45. The molecule has 0 aliphatic carbocycles. The molecule has 154 valence electrons. The highest BCUT2D eigenvalue weighted by molar-refractivity contribution is 7.89. The van der Waals surface area contributed by atoms with Crippen molar-refractivity contribution in [1.82, 2.24) is 9.71 Å². The predicted octanol–water partition coefficient (Wildman–Crippen LogP) is 2.77. The van der Waals surface area contributed by atoms with Crippen LogP contribution in [0.25, 0.3) is 0 Å². The number of aromatic nitrogens is 1. The summed E-state index contributed by atoms with van der Waals surface area (Å²) >= 11 is 1.18. The van der Waals surface area contributed by atoms with E-state index in [1.54, 1.807) is 36.1 Å². The molecule has 0 saturated carbocycles. The first-order chi connectivity index (χ1) is 13.3. The van der Waals surface area contributed by atoms with Gasteiger partial charge < -0.3 is 4.90 Å². The number of rotatable bonds is 6. The third kappa shape index (κ3) is 5.85. The molecule has 1 aromatic carbocycles. The molecule has 10 heteroatoms. The molecule has 2 aromatic rings. The fourth-order valence-corrected chi connectivity index (χ4v) is 3.65. The Bertz CT molecular complexity index is 1070. The molecule has 0 bridgehead atoms. The van der Waals surface area contributed by atoms with E-state index < -0.39 is 21.3 Å². The number of sulfonamides is 1. The summed E-state index contributed by atoms with van der Waals surface area (Å²) in [6.07, 6.45) is 0.887. The third-order valence-corrected chi connectivity index (χ3v) is 5.51. The summed E-state index contributed by atoms with van der Waals surface area (Å²) in [5.74, 6) is -0.869. The molecule has 0 spiro atoms. The van der Waals surface area contributed by atoms with E-state index in [1.807, 2.05) is 31.6 Å². The van der Waals surface area contributed by atoms with Crippen LogP contribution in [-0.4, -0.2) is 37.9 Å². The number of carbonyl (C=O) groups excluding carboxylic acids is 2. The summed E-state index contributed by atoms with van der Waals surface area (Å²) in [5.41, 5.74) is 0.496. The number of benzene rings is 1. The Morgan fingerprint density at radius 3 is 2.31 bits per heavy atom. The smallest absolute Gasteiger partial charge is 0.284 e. The van der Waals surface area contributed by atoms with Crippen molar-refractivity contribution in [1.29, 1.82) is 5.26 Å². The van der Waals surface area contributed by atoms with Crippen LogP contribution in [-0.2, 0) is 14.8 Å². The first-order valence-electron chi connectivity index (χ1n) is 8.62. The molecule has 0 fully saturated rings. The van der Waals surface area contributed by atoms with Crippen molar-refractivity contribution >= 4 is 43.9 Å². The van der Waals surface area contributed by atoms with E-state index in [1.165, 1.54) is 11.3 Å². The van der Waals surface area contributed by atoms with Gasteiger partial charge in [-0.2, -0.15) is 5.26 Å². The van der Waals surface area contributed by atoms with Crippen molar-refractivity contribution in [2.45, 2.75) is 27.7 Å². The van der Waals surface area contributed by atoms with E-state index in [0.717, 1.165) is 6.26 Å². The Balaban J connectivity index is 2.48. The average molecular weight is 435 g/mol. The Labute approximate surface area is 174 Å². The number of nitrogens with one attached hydrogen (secondary N) is 1. The number of aryl methyl sites for hydroxylation is 1. The zero-order valence-electron chi connectivity index (χ0n) is 16.8. The van der Waals surface area contributed by atoms with Crippen LogP contribution in [0.3, 0.4) is 0 Å². The fraction of sp³-hybridized carbons (Fsp3) is 0.368. The van der Waals surface area contributed by atoms with Crippen LogP contribution in [0.5, 0.6) is 0 Å². The van der Waals surface area contributed by atoms with Gasteiger partial charge in [-0.3, -0.25) is 9.59 Å². The maximum Gasteiger partial charge on any atom is 0.284 e. The molecule has 1 amide bonds. The summed E-state index contributed by atoms with van der Waals surface area (Å²) in [7, 11) is -3.73. The molecule has 0 unspecified atom stereocenters. The zero-order chi connectivity index (χ0) is 22.0. The van der Waals surface area contributed by atoms with E-state index in [-0.39, 0.29) is 18.0 Å². The molecule has 1 aromatic heterocycles. The van der Waals surface area contributed by atoms with Crippen LogP contribution in [0.1, 0.15) is 41.7 Å². The molecule has 8 nitrogen and oxygen atoms in total. The highest BCUT2D eigenvalue weighted by Crippen LogP contribution is 2.33. The van der Waals surface area contributed by atoms with E-state index in [9.17, 15) is 18.0 Å². The number of amides is 1. The monoisotopic (exact) mass is 434 g/mol. The SMILES string of the molecule is Cc1sc(N(CC(=O)C(C)(C)C)c2ccc(C#N)cc2)nc1C(=O)NS(C)(=O)=O. The van der Waals surface area contributed by atoms with Gasteiger partial charge in [-0.15, -0.1) is 11.3 Å². The molecule has 0 radical (unpaired) electrons. The molecule has 1 N–H and O–H groups in total. The lowest BCUT2D eigenvalue weighted by molar-refractivity contribution is -0.124. The van der Waals surface area contributed by atoms with Crippen molar-refractivity contribution in [3.63, 3.8) is 0 Å². The first kappa shape index (κ1) is 22.5. The summed E-state index contributed by atoms with van der Waals surface area (Å²) in [4.78, 5) is 31.4. The molecule has 0 atom stereocenters. The van der Waals surface area contributed by atoms with Crippen LogP contribution in [0, 0.1) is 23.7 Å². The minimum Gasteiger partial charge on any atom is -0.310 e. The Morgan fingerprint density at radius 2 is 1.83 bits per heavy atom. The molecule has 0 saturated heterocycles. The quantitative estimate of drug-likeness (QED) is 0.742. The van der Waals surface area contributed by atoms with Crippen LogP contribution in [0.15, 0.2) is 24.3 Å². The third-order valence-electron chi connectivity index (χ3n) is 3.96. The number of hydrogen-bond acceptors (Lipinski definition) is 8. The Hall–Kier alpha value is -2.77. The number of nitrogens with zero attached hydrogens (tertiary/aromatic N) is 3. The molecule has 1 heterocycles. The summed E-state index contributed by atoms with van der Waals surface area (Å²) in [6, 6.07) is 8.68. The summed E-state index contributed by atoms with van der Waals surface area (Å²) in [5, 5.41) is 9.39. The molecule has 2 rings (SSSR count). The van der Waals surface area contributed by atoms with Gasteiger partial charge >= 0.3 is 0 Å². The number of Topliss-reactive ketones (excluding diaryl/α,β-unsaturated/α-hetero) is 1. The minimum absolute atomic E-state index is 0.00941. The lowest BCUT2D eigenvalue weighted by Gasteiger charge is -2.25. The van der Waals surface area contributed by atoms with Crippen molar-refractivity contribution in [2.24, 2.45) is 5.41 Å². The predicted molar refractivity (Wildman–Crippen MR) is 112 cm³/mol. The van der Waals surface area contributed by atoms with Crippen molar-refractivity contribution in [3.05, 3.63) is 40.4 Å². The van der Waals surface area contributed by atoms with Crippen LogP contribution in [0.2, 0.25) is 0 Å². The van der Waals surface area contributed by atoms with Gasteiger partial charge in [0.15, 0.2) is 10.9 Å². The number of anilines is 2. The lowest BCUT2D eigenvalue weighted by atomic mass is 9.90. The van der Waals surface area contributed by atoms with Crippen molar-refractivity contribution in [3.8, 4) is 6.07 Å². The second-order valence-corrected chi connectivity index (χ2v) is 10.5. The normalized spacial score (nSPS) is 11.6. The van der Waals surface area contributed by atoms with Gasteiger partial charge in [0.1, 0.15) is 5.69 Å². The maximum atomic E-state index is 12.7. The van der Waals surface area contributed by atoms with E-state index >= 15 is 0 Å². The van der Waals surface area contributed by atoms with Gasteiger partial charge in [0.2, 0.25) is 10.0 Å². The van der Waals surface area contributed by atoms with Crippen molar-refractivity contribution in [2.75, 3.05) is 17.7 Å². The lowest BCUT2D eigenvalue weighted by Crippen LogP contribution is -2.33. The standard InChI is InChI=1S/C19H22N4O4S2/c1-12-16(17(25)22-29(5,26)27)21-18(28-12)23(11-15(24)19(2,3)4)14-8-6-13(10-20)7-9-14/h6-9H,11H2,1-5H3,(H,22,25). The van der Waals surface area contributed by atoms with Gasteiger partial charge in [-0.05, 0) is 31.2 Å². The number of carbonyl (C=O) groups is 2. The topological polar surface area (TPSA) is 120 Å². The van der Waals surface area contributed by atoms with Gasteiger partial charge in [-0.25, -0.2) is 18.1 Å². The summed E-state index contributed by atoms with van der Waals surface area (Å²) < 4.78 is 24.6.